The standard InChI is InChI=1S/C16H16N2O2/c1-20-14-8-3-2-5-10(14)12-9-18-16(19)15-11(12)6-4-7-13(15)17/h2-8,12H,9,17H2,1H3,(H,18,19). The molecule has 2 aromatic rings. The molecule has 0 saturated carbocycles. The number of benzene rings is 2. The van der Waals surface area contributed by atoms with E-state index in [1.807, 2.05) is 36.4 Å². The van der Waals surface area contributed by atoms with Gasteiger partial charge in [-0.3, -0.25) is 4.79 Å². The van der Waals surface area contributed by atoms with Crippen LogP contribution in [0.15, 0.2) is 42.5 Å². The molecule has 2 aromatic carbocycles. The van der Waals surface area contributed by atoms with Gasteiger partial charge in [0, 0.05) is 23.7 Å². The zero-order valence-corrected chi connectivity index (χ0v) is 11.2. The first kappa shape index (κ1) is 12.5. The van der Waals surface area contributed by atoms with Crippen LogP contribution in [-0.4, -0.2) is 19.6 Å². The molecule has 0 spiro atoms. The number of carbonyl (C=O) groups excluding carboxylic acids is 1. The van der Waals surface area contributed by atoms with Crippen molar-refractivity contribution in [3.63, 3.8) is 0 Å². The van der Waals surface area contributed by atoms with Crippen LogP contribution in [0.25, 0.3) is 0 Å². The maximum absolute atomic E-state index is 12.0. The number of amides is 1. The molecule has 1 aliphatic rings. The Bertz CT molecular complexity index is 667. The second-order valence-electron chi connectivity index (χ2n) is 4.82. The second kappa shape index (κ2) is 4.89. The Labute approximate surface area is 117 Å². The molecule has 0 radical (unpaired) electrons. The Hall–Kier alpha value is -2.49. The summed E-state index contributed by atoms with van der Waals surface area (Å²) >= 11 is 0. The lowest BCUT2D eigenvalue weighted by Crippen LogP contribution is -2.36. The van der Waals surface area contributed by atoms with Crippen molar-refractivity contribution < 1.29 is 9.53 Å². The van der Waals surface area contributed by atoms with E-state index in [2.05, 4.69) is 5.32 Å². The summed E-state index contributed by atoms with van der Waals surface area (Å²) in [5, 5.41) is 2.90. The summed E-state index contributed by atoms with van der Waals surface area (Å²) < 4.78 is 5.43. The number of fused-ring (bicyclic) bond motifs is 1. The molecule has 4 heteroatoms. The van der Waals surface area contributed by atoms with Gasteiger partial charge in [0.05, 0.1) is 12.7 Å². The van der Waals surface area contributed by atoms with Crippen molar-refractivity contribution >= 4 is 11.6 Å². The summed E-state index contributed by atoms with van der Waals surface area (Å²) in [5.74, 6) is 0.772. The van der Waals surface area contributed by atoms with Crippen LogP contribution in [0.2, 0.25) is 0 Å². The molecule has 1 unspecified atom stereocenters. The number of carbonyl (C=O) groups is 1. The van der Waals surface area contributed by atoms with Gasteiger partial charge in [-0.2, -0.15) is 0 Å². The van der Waals surface area contributed by atoms with Gasteiger partial charge in [0.25, 0.3) is 5.91 Å². The van der Waals surface area contributed by atoms with E-state index in [1.165, 1.54) is 0 Å². The zero-order chi connectivity index (χ0) is 14.1. The molecule has 1 heterocycles. The highest BCUT2D eigenvalue weighted by molar-refractivity contribution is 6.02. The molecule has 20 heavy (non-hydrogen) atoms. The highest BCUT2D eigenvalue weighted by Crippen LogP contribution is 2.36. The topological polar surface area (TPSA) is 64.3 Å². The first-order valence-corrected chi connectivity index (χ1v) is 6.52. The summed E-state index contributed by atoms with van der Waals surface area (Å²) in [6.45, 7) is 0.551. The molecule has 0 aliphatic carbocycles. The quantitative estimate of drug-likeness (QED) is 0.820. The van der Waals surface area contributed by atoms with Gasteiger partial charge in [0.2, 0.25) is 0 Å². The summed E-state index contributed by atoms with van der Waals surface area (Å²) in [5.41, 5.74) is 9.06. The predicted octanol–water partition coefficient (Wildman–Crippen LogP) is 2.15. The Morgan fingerprint density at radius 3 is 2.70 bits per heavy atom. The largest absolute Gasteiger partial charge is 0.496 e. The number of ether oxygens (including phenoxy) is 1. The van der Waals surface area contributed by atoms with Crippen LogP contribution in [0.4, 0.5) is 5.69 Å². The molecule has 0 bridgehead atoms. The van der Waals surface area contributed by atoms with Crippen LogP contribution in [0.1, 0.15) is 27.4 Å². The van der Waals surface area contributed by atoms with Gasteiger partial charge in [-0.25, -0.2) is 0 Å². The number of para-hydroxylation sites is 1. The molecule has 1 atom stereocenters. The maximum atomic E-state index is 12.0. The smallest absolute Gasteiger partial charge is 0.253 e. The second-order valence-corrected chi connectivity index (χ2v) is 4.82. The fourth-order valence-corrected chi connectivity index (χ4v) is 2.77. The van der Waals surface area contributed by atoms with Gasteiger partial charge >= 0.3 is 0 Å². The Kier molecular flexibility index (Phi) is 3.06. The number of nitrogens with one attached hydrogen (secondary N) is 1. The molecule has 3 rings (SSSR count). The summed E-state index contributed by atoms with van der Waals surface area (Å²) in [7, 11) is 1.65. The molecular formula is C16H16N2O2. The third-order valence-electron chi connectivity index (χ3n) is 3.71. The maximum Gasteiger partial charge on any atom is 0.253 e. The average Bonchev–Trinajstić information content (AvgIpc) is 2.48. The molecule has 3 N–H and O–H groups in total. The number of methoxy groups -OCH3 is 1. The molecule has 0 aromatic heterocycles. The van der Waals surface area contributed by atoms with Crippen LogP contribution < -0.4 is 15.8 Å². The molecule has 0 fully saturated rings. The lowest BCUT2D eigenvalue weighted by Gasteiger charge is -2.28. The Morgan fingerprint density at radius 1 is 1.15 bits per heavy atom. The number of anilines is 1. The fraction of sp³-hybridized carbons (Fsp3) is 0.188. The molecule has 1 aliphatic heterocycles. The van der Waals surface area contributed by atoms with Crippen molar-refractivity contribution in [1.82, 2.24) is 5.32 Å². The van der Waals surface area contributed by atoms with E-state index in [-0.39, 0.29) is 11.8 Å². The first-order chi connectivity index (χ1) is 9.72. The number of hydrogen-bond donors (Lipinski definition) is 2. The average molecular weight is 268 g/mol. The third-order valence-corrected chi connectivity index (χ3v) is 3.71. The molecule has 1 amide bonds. The number of rotatable bonds is 2. The van der Waals surface area contributed by atoms with Crippen LogP contribution in [0.3, 0.4) is 0 Å². The van der Waals surface area contributed by atoms with E-state index in [4.69, 9.17) is 10.5 Å². The van der Waals surface area contributed by atoms with Gasteiger partial charge in [0.1, 0.15) is 5.75 Å². The molecular weight excluding hydrogens is 252 g/mol. The third kappa shape index (κ3) is 1.90. The van der Waals surface area contributed by atoms with Crippen LogP contribution >= 0.6 is 0 Å². The van der Waals surface area contributed by atoms with Crippen molar-refractivity contribution in [3.8, 4) is 5.75 Å². The summed E-state index contributed by atoms with van der Waals surface area (Å²) in [4.78, 5) is 12.0. The lowest BCUT2D eigenvalue weighted by atomic mass is 9.84. The highest BCUT2D eigenvalue weighted by Gasteiger charge is 2.29. The van der Waals surface area contributed by atoms with E-state index >= 15 is 0 Å². The number of nitrogen functional groups attached to an aromatic ring is 1. The van der Waals surface area contributed by atoms with Gasteiger partial charge in [0.15, 0.2) is 0 Å². The van der Waals surface area contributed by atoms with Crippen molar-refractivity contribution in [1.29, 1.82) is 0 Å². The van der Waals surface area contributed by atoms with E-state index in [1.54, 1.807) is 13.2 Å². The highest BCUT2D eigenvalue weighted by atomic mass is 16.5. The molecule has 102 valence electrons. The number of nitrogens with two attached hydrogens (primary N) is 1. The minimum absolute atomic E-state index is 0.0577. The van der Waals surface area contributed by atoms with Gasteiger partial charge in [-0.1, -0.05) is 30.3 Å². The summed E-state index contributed by atoms with van der Waals surface area (Å²) in [6, 6.07) is 13.5. The SMILES string of the molecule is COc1ccccc1C1CNC(=O)c2c(N)cccc21. The summed E-state index contributed by atoms with van der Waals surface area (Å²) in [6.07, 6.45) is 0. The minimum atomic E-state index is -0.107. The van der Waals surface area contributed by atoms with Gasteiger partial charge in [-0.05, 0) is 17.7 Å². The molecule has 4 nitrogen and oxygen atoms in total. The van der Waals surface area contributed by atoms with Gasteiger partial charge in [-0.15, -0.1) is 0 Å². The zero-order valence-electron chi connectivity index (χ0n) is 11.2. The van der Waals surface area contributed by atoms with E-state index in [9.17, 15) is 4.79 Å². The number of hydrogen-bond acceptors (Lipinski definition) is 3. The van der Waals surface area contributed by atoms with Crippen molar-refractivity contribution in [2.75, 3.05) is 19.4 Å². The Balaban J connectivity index is 2.16. The van der Waals surface area contributed by atoms with Crippen LogP contribution in [0, 0.1) is 0 Å². The molecule has 0 saturated heterocycles. The van der Waals surface area contributed by atoms with Crippen LogP contribution in [0.5, 0.6) is 5.75 Å². The van der Waals surface area contributed by atoms with E-state index < -0.39 is 0 Å². The monoisotopic (exact) mass is 268 g/mol. The van der Waals surface area contributed by atoms with E-state index in [0.29, 0.717) is 17.8 Å². The van der Waals surface area contributed by atoms with E-state index in [0.717, 1.165) is 16.9 Å². The lowest BCUT2D eigenvalue weighted by molar-refractivity contribution is 0.0943. The normalized spacial score (nSPS) is 17.2. The van der Waals surface area contributed by atoms with Gasteiger partial charge < -0.3 is 15.8 Å². The Morgan fingerprint density at radius 2 is 1.90 bits per heavy atom. The van der Waals surface area contributed by atoms with Crippen LogP contribution in [-0.2, 0) is 0 Å². The van der Waals surface area contributed by atoms with Crippen molar-refractivity contribution in [2.24, 2.45) is 0 Å². The first-order valence-electron chi connectivity index (χ1n) is 6.52. The predicted molar refractivity (Wildman–Crippen MR) is 78.0 cm³/mol. The van der Waals surface area contributed by atoms with Crippen molar-refractivity contribution in [2.45, 2.75) is 5.92 Å². The fourth-order valence-electron chi connectivity index (χ4n) is 2.77. The van der Waals surface area contributed by atoms with Crippen molar-refractivity contribution in [3.05, 3.63) is 59.2 Å². The minimum Gasteiger partial charge on any atom is -0.496 e.